The molecule has 0 amide bonds. The van der Waals surface area contributed by atoms with E-state index in [1.165, 1.54) is 12.7 Å². The summed E-state index contributed by atoms with van der Waals surface area (Å²) in [6.07, 6.45) is 5.59. The Bertz CT molecular complexity index is 837. The molecule has 0 aliphatic carbocycles. The molecule has 25 heavy (non-hydrogen) atoms. The van der Waals surface area contributed by atoms with Gasteiger partial charge in [-0.1, -0.05) is 6.07 Å². The van der Waals surface area contributed by atoms with Crippen LogP contribution in [-0.2, 0) is 16.6 Å². The highest BCUT2D eigenvalue weighted by atomic mass is 32.2. The molecule has 0 atom stereocenters. The summed E-state index contributed by atoms with van der Waals surface area (Å²) < 4.78 is 34.8. The molecule has 7 heteroatoms. The van der Waals surface area contributed by atoms with E-state index in [9.17, 15) is 8.42 Å². The monoisotopic (exact) mass is 363 g/mol. The van der Waals surface area contributed by atoms with Crippen molar-refractivity contribution in [1.29, 1.82) is 0 Å². The fourth-order valence-corrected chi connectivity index (χ4v) is 5.03. The third-order valence-electron chi connectivity index (χ3n) is 4.84. The number of rotatable bonds is 5. The minimum Gasteiger partial charge on any atom is -0.495 e. The highest BCUT2D eigenvalue weighted by Gasteiger charge is 2.32. The molecular formula is C18H25N3O3S. The molecule has 1 aromatic heterocycles. The molecule has 0 saturated carbocycles. The lowest BCUT2D eigenvalue weighted by molar-refractivity contribution is 0.317. The summed E-state index contributed by atoms with van der Waals surface area (Å²) in [6.45, 7) is 5.82. The lowest BCUT2D eigenvalue weighted by Gasteiger charge is -2.31. The molecule has 0 spiro atoms. The van der Waals surface area contributed by atoms with Gasteiger partial charge in [0.2, 0.25) is 10.0 Å². The predicted molar refractivity (Wildman–Crippen MR) is 96.4 cm³/mol. The van der Waals surface area contributed by atoms with Gasteiger partial charge in [0.05, 0.1) is 13.3 Å². The van der Waals surface area contributed by atoms with E-state index in [1.54, 1.807) is 16.4 Å². The third-order valence-corrected chi connectivity index (χ3v) is 6.76. The number of aryl methyl sites for hydroxylation is 2. The lowest BCUT2D eigenvalue weighted by Crippen LogP contribution is -2.38. The number of aromatic nitrogens is 2. The molecule has 3 rings (SSSR count). The Morgan fingerprint density at radius 3 is 2.60 bits per heavy atom. The average Bonchev–Trinajstić information content (AvgIpc) is 3.11. The van der Waals surface area contributed by atoms with Crippen LogP contribution in [0.2, 0.25) is 0 Å². The lowest BCUT2D eigenvalue weighted by atomic mass is 9.93. The molecule has 0 radical (unpaired) electrons. The summed E-state index contributed by atoms with van der Waals surface area (Å²) in [5.74, 6) is 0.767. The van der Waals surface area contributed by atoms with E-state index in [-0.39, 0.29) is 4.90 Å². The Balaban J connectivity index is 1.76. The minimum atomic E-state index is -3.54. The molecule has 1 aromatic carbocycles. The van der Waals surface area contributed by atoms with Crippen LogP contribution in [0.1, 0.15) is 36.8 Å². The maximum atomic E-state index is 13.0. The largest absolute Gasteiger partial charge is 0.495 e. The number of sulfonamides is 1. The van der Waals surface area contributed by atoms with Gasteiger partial charge < -0.3 is 4.74 Å². The molecule has 0 bridgehead atoms. The first-order chi connectivity index (χ1) is 12.0. The van der Waals surface area contributed by atoms with Gasteiger partial charge in [-0.25, -0.2) is 8.42 Å². The number of benzene rings is 1. The fourth-order valence-electron chi connectivity index (χ4n) is 3.32. The summed E-state index contributed by atoms with van der Waals surface area (Å²) in [7, 11) is -2.04. The molecule has 1 saturated heterocycles. The van der Waals surface area contributed by atoms with Crippen molar-refractivity contribution in [2.45, 2.75) is 44.0 Å². The molecule has 6 nitrogen and oxygen atoms in total. The molecule has 136 valence electrons. The first-order valence-electron chi connectivity index (χ1n) is 8.63. The predicted octanol–water partition coefficient (Wildman–Crippen LogP) is 2.79. The Morgan fingerprint density at radius 1 is 1.28 bits per heavy atom. The second-order valence-electron chi connectivity index (χ2n) is 6.46. The normalized spacial score (nSPS) is 16.9. The van der Waals surface area contributed by atoms with Crippen LogP contribution in [0.15, 0.2) is 35.5 Å². The van der Waals surface area contributed by atoms with Crippen LogP contribution < -0.4 is 4.74 Å². The maximum Gasteiger partial charge on any atom is 0.246 e. The fraction of sp³-hybridized carbons (Fsp3) is 0.500. The number of methoxy groups -OCH3 is 1. The molecule has 1 fully saturated rings. The van der Waals surface area contributed by atoms with Gasteiger partial charge in [-0.2, -0.15) is 9.40 Å². The SMILES string of the molecule is CCn1cc(C2CCN(S(=O)(=O)c3cc(C)ccc3OC)CC2)cn1. The maximum absolute atomic E-state index is 13.0. The van der Waals surface area contributed by atoms with Crippen molar-refractivity contribution < 1.29 is 13.2 Å². The van der Waals surface area contributed by atoms with Gasteiger partial charge in [0.25, 0.3) is 0 Å². The summed E-state index contributed by atoms with van der Waals surface area (Å²) >= 11 is 0. The molecular weight excluding hydrogens is 338 g/mol. The Morgan fingerprint density at radius 2 is 2.00 bits per heavy atom. The topological polar surface area (TPSA) is 64.4 Å². The minimum absolute atomic E-state index is 0.257. The van der Waals surface area contributed by atoms with Crippen molar-refractivity contribution in [3.63, 3.8) is 0 Å². The summed E-state index contributed by atoms with van der Waals surface area (Å²) in [4.78, 5) is 0.257. The van der Waals surface area contributed by atoms with Gasteiger partial charge in [0.15, 0.2) is 0 Å². The first-order valence-corrected chi connectivity index (χ1v) is 10.1. The molecule has 2 heterocycles. The van der Waals surface area contributed by atoms with Crippen LogP contribution in [0.4, 0.5) is 0 Å². The highest BCUT2D eigenvalue weighted by Crippen LogP contribution is 2.33. The summed E-state index contributed by atoms with van der Waals surface area (Å²) in [6, 6.07) is 5.26. The number of ether oxygens (including phenoxy) is 1. The van der Waals surface area contributed by atoms with Gasteiger partial charge in [-0.15, -0.1) is 0 Å². The standard InChI is InChI=1S/C18H25N3O3S/c1-4-20-13-16(12-19-20)15-7-9-21(10-8-15)25(22,23)18-11-14(2)5-6-17(18)24-3/h5-6,11-13,15H,4,7-10H2,1-3H3. The van der Waals surface area contributed by atoms with Crippen molar-refractivity contribution in [3.8, 4) is 5.75 Å². The molecule has 1 aliphatic rings. The molecule has 0 unspecified atom stereocenters. The van der Waals surface area contributed by atoms with E-state index in [4.69, 9.17) is 4.74 Å². The van der Waals surface area contributed by atoms with Crippen LogP contribution in [-0.4, -0.2) is 42.7 Å². The quantitative estimate of drug-likeness (QED) is 0.819. The molecule has 0 N–H and O–H groups in total. The number of hydrogen-bond acceptors (Lipinski definition) is 4. The van der Waals surface area contributed by atoms with E-state index < -0.39 is 10.0 Å². The highest BCUT2D eigenvalue weighted by molar-refractivity contribution is 7.89. The van der Waals surface area contributed by atoms with Crippen molar-refractivity contribution in [3.05, 3.63) is 41.7 Å². The van der Waals surface area contributed by atoms with Crippen molar-refractivity contribution in [2.24, 2.45) is 0 Å². The zero-order valence-electron chi connectivity index (χ0n) is 15.0. The van der Waals surface area contributed by atoms with Gasteiger partial charge in [0, 0.05) is 25.8 Å². The van der Waals surface area contributed by atoms with E-state index >= 15 is 0 Å². The Hall–Kier alpha value is -1.86. The van der Waals surface area contributed by atoms with Gasteiger partial charge in [-0.3, -0.25) is 4.68 Å². The summed E-state index contributed by atoms with van der Waals surface area (Å²) in [5, 5.41) is 4.33. The molecule has 1 aliphatic heterocycles. The second-order valence-corrected chi connectivity index (χ2v) is 8.37. The van der Waals surface area contributed by atoms with Crippen LogP contribution in [0.5, 0.6) is 5.75 Å². The van der Waals surface area contributed by atoms with E-state index in [0.717, 1.165) is 24.9 Å². The van der Waals surface area contributed by atoms with Gasteiger partial charge >= 0.3 is 0 Å². The summed E-state index contributed by atoms with van der Waals surface area (Å²) in [5.41, 5.74) is 2.10. The van der Waals surface area contributed by atoms with Gasteiger partial charge in [-0.05, 0) is 55.9 Å². The number of hydrogen-bond donors (Lipinski definition) is 0. The smallest absolute Gasteiger partial charge is 0.246 e. The van der Waals surface area contributed by atoms with E-state index in [1.807, 2.05) is 23.9 Å². The Kier molecular flexibility index (Phi) is 5.15. The Labute approximate surface area is 149 Å². The van der Waals surface area contributed by atoms with Crippen LogP contribution in [0.25, 0.3) is 0 Å². The van der Waals surface area contributed by atoms with Gasteiger partial charge in [0.1, 0.15) is 10.6 Å². The third kappa shape index (κ3) is 3.57. The van der Waals surface area contributed by atoms with Crippen molar-refractivity contribution in [1.82, 2.24) is 14.1 Å². The number of piperidine rings is 1. The van der Waals surface area contributed by atoms with Crippen LogP contribution in [0, 0.1) is 6.92 Å². The average molecular weight is 363 g/mol. The zero-order chi connectivity index (χ0) is 18.0. The first kappa shape index (κ1) is 17.9. The zero-order valence-corrected chi connectivity index (χ0v) is 15.8. The van der Waals surface area contributed by atoms with E-state index in [2.05, 4.69) is 18.2 Å². The molecule has 2 aromatic rings. The number of nitrogens with zero attached hydrogens (tertiary/aromatic N) is 3. The van der Waals surface area contributed by atoms with Crippen LogP contribution >= 0.6 is 0 Å². The van der Waals surface area contributed by atoms with E-state index in [0.29, 0.717) is 24.8 Å². The van der Waals surface area contributed by atoms with Crippen molar-refractivity contribution >= 4 is 10.0 Å². The second kappa shape index (κ2) is 7.17. The van der Waals surface area contributed by atoms with Crippen LogP contribution in [0.3, 0.4) is 0 Å². The van der Waals surface area contributed by atoms with Crippen molar-refractivity contribution in [2.75, 3.05) is 20.2 Å².